The Morgan fingerprint density at radius 1 is 0.286 bits per heavy atom. The predicted octanol–water partition coefficient (Wildman–Crippen LogP) is 23.6. The quantitative estimate of drug-likeness (QED) is 0.0222. The Hall–Kier alpha value is -1.94. The lowest BCUT2D eigenvalue weighted by molar-refractivity contribution is -0.161. The van der Waals surface area contributed by atoms with Crippen molar-refractivity contribution in [3.8, 4) is 0 Å². The molecule has 582 valence electrons. The summed E-state index contributed by atoms with van der Waals surface area (Å²) in [5.41, 5.74) is 0. The Bertz CT molecular complexity index is 1880. The summed E-state index contributed by atoms with van der Waals surface area (Å²) in [7, 11) is -9.91. The van der Waals surface area contributed by atoms with E-state index >= 15 is 0 Å². The Kier molecular flexibility index (Phi) is 70.6. The third kappa shape index (κ3) is 71.1. The van der Waals surface area contributed by atoms with Crippen molar-refractivity contribution in [1.29, 1.82) is 0 Å². The summed E-state index contributed by atoms with van der Waals surface area (Å²) in [5, 5.41) is 10.6. The smallest absolute Gasteiger partial charge is 0.462 e. The van der Waals surface area contributed by atoms with Gasteiger partial charge in [0.15, 0.2) is 12.2 Å². The van der Waals surface area contributed by atoms with Gasteiger partial charge < -0.3 is 33.8 Å². The number of carbonyl (C=O) groups is 4. The van der Waals surface area contributed by atoms with E-state index in [0.29, 0.717) is 25.7 Å². The van der Waals surface area contributed by atoms with Gasteiger partial charge in [-0.15, -0.1) is 0 Å². The highest BCUT2D eigenvalue weighted by Crippen LogP contribution is 2.45. The van der Waals surface area contributed by atoms with Crippen LogP contribution in [-0.4, -0.2) is 96.7 Å². The van der Waals surface area contributed by atoms with E-state index in [1.54, 1.807) is 0 Å². The molecule has 0 aromatic rings. The number of carbonyl (C=O) groups excluding carboxylic acids is 4. The first-order valence-corrected chi connectivity index (χ1v) is 44.2. The third-order valence-electron chi connectivity index (χ3n) is 18.9. The molecule has 19 heteroatoms. The molecule has 0 amide bonds. The molecule has 0 saturated carbocycles. The average molecular weight is 1440 g/mol. The molecule has 0 bridgehead atoms. The number of aliphatic hydroxyl groups is 1. The lowest BCUT2D eigenvalue weighted by Gasteiger charge is -2.21. The number of esters is 4. The first kappa shape index (κ1) is 96.1. The van der Waals surface area contributed by atoms with Crippen LogP contribution >= 0.6 is 15.6 Å². The van der Waals surface area contributed by atoms with Crippen LogP contribution < -0.4 is 0 Å². The molecule has 98 heavy (non-hydrogen) atoms. The molecule has 0 aromatic heterocycles. The van der Waals surface area contributed by atoms with Crippen molar-refractivity contribution in [2.75, 3.05) is 39.6 Å². The summed E-state index contributed by atoms with van der Waals surface area (Å²) in [6.45, 7) is 7.29. The molecular formula is C79H154O17P2. The molecule has 0 fully saturated rings. The van der Waals surface area contributed by atoms with E-state index in [0.717, 1.165) is 102 Å². The van der Waals surface area contributed by atoms with Crippen molar-refractivity contribution < 1.29 is 80.2 Å². The monoisotopic (exact) mass is 1440 g/mol. The molecule has 17 nitrogen and oxygen atoms in total. The summed E-state index contributed by atoms with van der Waals surface area (Å²) in [5.74, 6) is -1.27. The van der Waals surface area contributed by atoms with Crippen LogP contribution in [0.15, 0.2) is 0 Å². The number of ether oxygens (including phenoxy) is 4. The lowest BCUT2D eigenvalue weighted by Crippen LogP contribution is -2.30. The van der Waals surface area contributed by atoms with Gasteiger partial charge in [0.2, 0.25) is 0 Å². The van der Waals surface area contributed by atoms with E-state index in [2.05, 4.69) is 34.6 Å². The summed E-state index contributed by atoms with van der Waals surface area (Å²) in [6, 6.07) is 0. The molecule has 0 aliphatic heterocycles. The van der Waals surface area contributed by atoms with Gasteiger partial charge >= 0.3 is 39.5 Å². The molecule has 0 saturated heterocycles. The number of phosphoric ester groups is 2. The highest BCUT2D eigenvalue weighted by molar-refractivity contribution is 7.47. The Balaban J connectivity index is 5.13. The predicted molar refractivity (Wildman–Crippen MR) is 400 cm³/mol. The van der Waals surface area contributed by atoms with Crippen molar-refractivity contribution in [3.63, 3.8) is 0 Å². The average Bonchev–Trinajstić information content (AvgIpc) is 1.06. The van der Waals surface area contributed by atoms with Gasteiger partial charge in [-0.1, -0.05) is 369 Å². The second kappa shape index (κ2) is 72.0. The molecule has 0 rings (SSSR count). The first-order valence-electron chi connectivity index (χ1n) is 41.2. The van der Waals surface area contributed by atoms with Crippen molar-refractivity contribution in [1.82, 2.24) is 0 Å². The molecule has 0 heterocycles. The maximum atomic E-state index is 13.1. The van der Waals surface area contributed by atoms with Crippen LogP contribution in [0.3, 0.4) is 0 Å². The van der Waals surface area contributed by atoms with E-state index in [4.69, 9.17) is 37.0 Å². The summed E-state index contributed by atoms with van der Waals surface area (Å²) >= 11 is 0. The second-order valence-electron chi connectivity index (χ2n) is 28.7. The van der Waals surface area contributed by atoms with Gasteiger partial charge in [-0.25, -0.2) is 9.13 Å². The normalized spacial score (nSPS) is 14.2. The van der Waals surface area contributed by atoms with E-state index in [9.17, 15) is 43.2 Å². The molecule has 0 aliphatic carbocycles. The van der Waals surface area contributed by atoms with Gasteiger partial charge in [0, 0.05) is 25.7 Å². The van der Waals surface area contributed by atoms with Crippen LogP contribution in [0.5, 0.6) is 0 Å². The SMILES string of the molecule is CCCCCCCCCCCCCCCCCCCCCC(=O)O[C@H](COC(=O)CCCCCCCCCCCCCCCCC(C)CC)COP(=O)(O)OC[C@@H](O)COP(=O)(O)OC[C@@H](COC(=O)CCCCCCC)OC(=O)CCCCCCCCCCCCCCCCCC. The highest BCUT2D eigenvalue weighted by Gasteiger charge is 2.30. The lowest BCUT2D eigenvalue weighted by atomic mass is 9.99. The number of rotatable bonds is 79. The molecule has 6 atom stereocenters. The minimum absolute atomic E-state index is 0.108. The zero-order valence-electron chi connectivity index (χ0n) is 63.9. The fourth-order valence-corrected chi connectivity index (χ4v) is 13.8. The highest BCUT2D eigenvalue weighted by atomic mass is 31.2. The summed E-state index contributed by atoms with van der Waals surface area (Å²) in [6.07, 6.45) is 62.8. The molecular weight excluding hydrogens is 1280 g/mol. The minimum Gasteiger partial charge on any atom is -0.462 e. The summed E-state index contributed by atoms with van der Waals surface area (Å²) in [4.78, 5) is 72.7. The molecule has 0 radical (unpaired) electrons. The van der Waals surface area contributed by atoms with E-state index in [1.807, 2.05) is 0 Å². The van der Waals surface area contributed by atoms with Gasteiger partial charge in [-0.05, 0) is 31.6 Å². The van der Waals surface area contributed by atoms with Crippen LogP contribution in [0.4, 0.5) is 0 Å². The zero-order chi connectivity index (χ0) is 71.9. The first-order chi connectivity index (χ1) is 47.6. The van der Waals surface area contributed by atoms with Crippen LogP contribution in [0.2, 0.25) is 0 Å². The minimum atomic E-state index is -4.96. The maximum Gasteiger partial charge on any atom is 0.472 e. The van der Waals surface area contributed by atoms with E-state index in [1.165, 1.54) is 238 Å². The van der Waals surface area contributed by atoms with Gasteiger partial charge in [0.25, 0.3) is 0 Å². The fraction of sp³-hybridized carbons (Fsp3) is 0.949. The molecule has 0 aliphatic rings. The van der Waals surface area contributed by atoms with E-state index < -0.39 is 97.5 Å². The molecule has 3 N–H and O–H groups in total. The summed E-state index contributed by atoms with van der Waals surface area (Å²) < 4.78 is 68.4. The Morgan fingerprint density at radius 2 is 0.490 bits per heavy atom. The van der Waals surface area contributed by atoms with Crippen molar-refractivity contribution in [3.05, 3.63) is 0 Å². The van der Waals surface area contributed by atoms with Crippen LogP contribution in [0.25, 0.3) is 0 Å². The second-order valence-corrected chi connectivity index (χ2v) is 31.6. The largest absolute Gasteiger partial charge is 0.472 e. The van der Waals surface area contributed by atoms with Crippen molar-refractivity contribution in [2.45, 2.75) is 438 Å². The van der Waals surface area contributed by atoms with Crippen LogP contribution in [-0.2, 0) is 65.4 Å². The Labute approximate surface area is 600 Å². The van der Waals surface area contributed by atoms with Gasteiger partial charge in [-0.3, -0.25) is 37.3 Å². The third-order valence-corrected chi connectivity index (χ3v) is 20.8. The number of unbranched alkanes of at least 4 members (excludes halogenated alkanes) is 50. The molecule has 3 unspecified atom stereocenters. The number of phosphoric acid groups is 2. The number of aliphatic hydroxyl groups excluding tert-OH is 1. The number of hydrogen-bond donors (Lipinski definition) is 3. The molecule has 0 spiro atoms. The van der Waals surface area contributed by atoms with Crippen molar-refractivity contribution >= 4 is 39.5 Å². The standard InChI is InChI=1S/C79H154O17P2/c1-6-10-13-16-18-20-22-24-26-28-29-30-32-38-42-46-50-55-60-65-79(84)96-75(69-90-77(82)63-58-53-48-44-40-36-34-33-35-39-43-47-52-56-61-72(5)9-4)71-94-98(87,88)92-67-73(80)66-91-97(85,86)93-70-74(68-89-76(81)62-57-51-15-12-8-3)95-78(83)64-59-54-49-45-41-37-31-27-25-23-21-19-17-14-11-7-2/h72-75,80H,6-71H2,1-5H3,(H,85,86)(H,87,88)/t72?,73-,74+,75+/m0/s1. The Morgan fingerprint density at radius 3 is 0.724 bits per heavy atom. The van der Waals surface area contributed by atoms with E-state index in [-0.39, 0.29) is 25.7 Å². The maximum absolute atomic E-state index is 13.1. The van der Waals surface area contributed by atoms with Crippen LogP contribution in [0, 0.1) is 5.92 Å². The number of hydrogen-bond acceptors (Lipinski definition) is 15. The van der Waals surface area contributed by atoms with Gasteiger partial charge in [-0.2, -0.15) is 0 Å². The molecule has 0 aromatic carbocycles. The fourth-order valence-electron chi connectivity index (χ4n) is 12.2. The topological polar surface area (TPSA) is 237 Å². The van der Waals surface area contributed by atoms with Gasteiger partial charge in [0.1, 0.15) is 19.3 Å². The van der Waals surface area contributed by atoms with Crippen LogP contribution in [0.1, 0.15) is 420 Å². The zero-order valence-corrected chi connectivity index (χ0v) is 65.7. The van der Waals surface area contributed by atoms with Gasteiger partial charge in [0.05, 0.1) is 26.4 Å². The van der Waals surface area contributed by atoms with Crippen molar-refractivity contribution in [2.24, 2.45) is 5.92 Å².